The Bertz CT molecular complexity index is 272. The van der Waals surface area contributed by atoms with E-state index in [-0.39, 0.29) is 0 Å². The zero-order chi connectivity index (χ0) is 8.10. The summed E-state index contributed by atoms with van der Waals surface area (Å²) in [6.45, 7) is 5.65. The third-order valence-electron chi connectivity index (χ3n) is 1.11. The van der Waals surface area contributed by atoms with Crippen molar-refractivity contribution in [3.8, 4) is 0 Å². The molecule has 11 heavy (non-hydrogen) atoms. The molecule has 3 heteroatoms. The molecule has 0 aliphatic heterocycles. The van der Waals surface area contributed by atoms with Crippen LogP contribution in [0.15, 0.2) is 30.6 Å². The SMILES string of the molecule is [CH-]=C(/C=C\[CH]=[W])n1cccn1. The molecule has 0 aliphatic carbocycles. The molecule has 0 atom stereocenters. The Kier molecular flexibility index (Phi) is 3.18. The van der Waals surface area contributed by atoms with Crippen LogP contribution in [0.2, 0.25) is 0 Å². The van der Waals surface area contributed by atoms with E-state index in [1.54, 1.807) is 10.9 Å². The first-order chi connectivity index (χ1) is 5.34. The molecule has 2 nitrogen and oxygen atoms in total. The van der Waals surface area contributed by atoms with Gasteiger partial charge in [-0.25, -0.2) is 0 Å². The minimum absolute atomic E-state index is 0.632. The van der Waals surface area contributed by atoms with E-state index in [1.807, 2.05) is 28.8 Å². The third-order valence-corrected chi connectivity index (χ3v) is 1.68. The Hall–Kier alpha value is -0.752. The van der Waals surface area contributed by atoms with E-state index in [2.05, 4.69) is 5.10 Å². The summed E-state index contributed by atoms with van der Waals surface area (Å²) in [5.41, 5.74) is 0.632. The van der Waals surface area contributed by atoms with Crippen molar-refractivity contribution in [1.29, 1.82) is 0 Å². The van der Waals surface area contributed by atoms with Gasteiger partial charge in [0, 0.05) is 0 Å². The second kappa shape index (κ2) is 4.19. The van der Waals surface area contributed by atoms with Gasteiger partial charge in [0.15, 0.2) is 0 Å². The zero-order valence-electron chi connectivity index (χ0n) is 5.84. The van der Waals surface area contributed by atoms with Gasteiger partial charge in [-0.05, 0) is 0 Å². The molecule has 1 aromatic rings. The van der Waals surface area contributed by atoms with Crippen LogP contribution < -0.4 is 0 Å². The van der Waals surface area contributed by atoms with Gasteiger partial charge in [-0.1, -0.05) is 0 Å². The fraction of sp³-hybridized carbons (Fsp3) is 0. The van der Waals surface area contributed by atoms with Crippen LogP contribution in [0.5, 0.6) is 0 Å². The van der Waals surface area contributed by atoms with Crippen LogP contribution in [0.3, 0.4) is 0 Å². The molecule has 1 aromatic heterocycles. The van der Waals surface area contributed by atoms with E-state index < -0.39 is 0 Å². The fourth-order valence-corrected chi connectivity index (χ4v) is 0.918. The summed E-state index contributed by atoms with van der Waals surface area (Å²) in [6, 6.07) is 1.83. The van der Waals surface area contributed by atoms with E-state index in [4.69, 9.17) is 6.58 Å². The van der Waals surface area contributed by atoms with Gasteiger partial charge in [-0.2, -0.15) is 0 Å². The number of aromatic nitrogens is 2. The van der Waals surface area contributed by atoms with Gasteiger partial charge in [0.1, 0.15) is 0 Å². The summed E-state index contributed by atoms with van der Waals surface area (Å²) in [5, 5.41) is 3.97. The van der Waals surface area contributed by atoms with E-state index in [9.17, 15) is 0 Å². The van der Waals surface area contributed by atoms with Gasteiger partial charge in [0.2, 0.25) is 0 Å². The molecule has 0 amide bonds. The molecule has 0 radical (unpaired) electrons. The molecule has 1 heterocycles. The number of hydrogen-bond donors (Lipinski definition) is 0. The predicted octanol–water partition coefficient (Wildman–Crippen LogP) is 1.06. The van der Waals surface area contributed by atoms with Gasteiger partial charge in [0.25, 0.3) is 0 Å². The quantitative estimate of drug-likeness (QED) is 0.603. The van der Waals surface area contributed by atoms with Crippen LogP contribution in [0.25, 0.3) is 5.70 Å². The summed E-state index contributed by atoms with van der Waals surface area (Å²) in [6.07, 6.45) is 7.23. The molecule has 0 fully saturated rings. The van der Waals surface area contributed by atoms with E-state index in [0.717, 1.165) is 0 Å². The van der Waals surface area contributed by atoms with Gasteiger partial charge in [-0.3, -0.25) is 0 Å². The third kappa shape index (κ3) is 2.39. The van der Waals surface area contributed by atoms with Crippen molar-refractivity contribution in [3.63, 3.8) is 0 Å². The molecule has 0 bridgehead atoms. The van der Waals surface area contributed by atoms with Crippen LogP contribution in [0.4, 0.5) is 0 Å². The first kappa shape index (κ1) is 8.35. The van der Waals surface area contributed by atoms with Crippen molar-refractivity contribution in [2.24, 2.45) is 0 Å². The predicted molar refractivity (Wildman–Crippen MR) is 41.4 cm³/mol. The summed E-state index contributed by atoms with van der Waals surface area (Å²) < 4.78 is 3.62. The van der Waals surface area contributed by atoms with Crippen molar-refractivity contribution in [2.75, 3.05) is 0 Å². The van der Waals surface area contributed by atoms with E-state index >= 15 is 0 Å². The summed E-state index contributed by atoms with van der Waals surface area (Å²) in [4.78, 5) is 0. The second-order valence-electron chi connectivity index (χ2n) is 1.87. The molecule has 0 unspecified atom stereocenters. The van der Waals surface area contributed by atoms with E-state index in [0.29, 0.717) is 5.70 Å². The maximum absolute atomic E-state index is 5.65. The molecule has 0 saturated carbocycles. The topological polar surface area (TPSA) is 17.8 Å². The number of nitrogens with zero attached hydrogens (tertiary/aromatic N) is 2. The number of rotatable bonds is 3. The molecule has 56 valence electrons. The molecule has 1 rings (SSSR count). The van der Waals surface area contributed by atoms with Crippen molar-refractivity contribution in [1.82, 2.24) is 9.78 Å². The second-order valence-corrected chi connectivity index (χ2v) is 2.85. The Morgan fingerprint density at radius 2 is 2.45 bits per heavy atom. The number of allylic oxidation sites excluding steroid dienone is 3. The first-order valence-corrected chi connectivity index (χ1v) is 4.78. The Morgan fingerprint density at radius 3 is 3.00 bits per heavy atom. The molecular formula is C8H7N2W-. The summed E-state index contributed by atoms with van der Waals surface area (Å²) in [5.74, 6) is 0. The molecule has 0 N–H and O–H groups in total. The maximum atomic E-state index is 5.65. The molecule has 0 aromatic carbocycles. The fourth-order valence-electron chi connectivity index (χ4n) is 0.636. The van der Waals surface area contributed by atoms with Crippen LogP contribution >= 0.6 is 0 Å². The summed E-state index contributed by atoms with van der Waals surface area (Å²) in [7, 11) is 0. The Labute approximate surface area is 76.6 Å². The monoisotopic (exact) mass is 315 g/mol. The van der Waals surface area contributed by atoms with Crippen molar-refractivity contribution in [2.45, 2.75) is 0 Å². The normalized spacial score (nSPS) is 10.2. The molecule has 0 spiro atoms. The number of hydrogen-bond acceptors (Lipinski definition) is 1. The van der Waals surface area contributed by atoms with Crippen LogP contribution in [-0.4, -0.2) is 14.2 Å². The van der Waals surface area contributed by atoms with Crippen LogP contribution in [0, 0.1) is 6.58 Å². The van der Waals surface area contributed by atoms with Crippen LogP contribution in [0.1, 0.15) is 0 Å². The van der Waals surface area contributed by atoms with Gasteiger partial charge >= 0.3 is 76.4 Å². The molecular weight excluding hydrogens is 308 g/mol. The van der Waals surface area contributed by atoms with Crippen molar-refractivity contribution in [3.05, 3.63) is 37.2 Å². The molecule has 0 aliphatic rings. The van der Waals surface area contributed by atoms with Gasteiger partial charge in [-0.15, -0.1) is 0 Å². The van der Waals surface area contributed by atoms with Crippen molar-refractivity contribution >= 4 is 10.1 Å². The van der Waals surface area contributed by atoms with Gasteiger partial charge in [0.05, 0.1) is 0 Å². The first-order valence-electron chi connectivity index (χ1n) is 3.09. The Morgan fingerprint density at radius 1 is 1.64 bits per heavy atom. The minimum atomic E-state index is 0.632. The average Bonchev–Trinajstić information content (AvgIpc) is 2.52. The standard InChI is InChI=1S/C8H7N2.W/c1-3-5-8(2)10-7-4-6-9-10;/h1-7H;/q-1;/b5-3-;. The zero-order valence-corrected chi connectivity index (χ0v) is 8.78. The Balaban J connectivity index is 2.71. The van der Waals surface area contributed by atoms with E-state index in [1.165, 1.54) is 19.4 Å². The van der Waals surface area contributed by atoms with Crippen molar-refractivity contribution < 1.29 is 19.4 Å². The summed E-state index contributed by atoms with van der Waals surface area (Å²) >= 11 is 1.41. The van der Waals surface area contributed by atoms with Gasteiger partial charge < -0.3 is 0 Å². The van der Waals surface area contributed by atoms with Crippen LogP contribution in [-0.2, 0) is 19.4 Å². The average molecular weight is 315 g/mol. The molecule has 0 saturated heterocycles.